The number of rotatable bonds is 4. The second-order valence-corrected chi connectivity index (χ2v) is 7.54. The molecule has 6 heteroatoms. The first kappa shape index (κ1) is 16.0. The van der Waals surface area contributed by atoms with E-state index in [1.807, 2.05) is 0 Å². The van der Waals surface area contributed by atoms with E-state index in [0.717, 1.165) is 6.42 Å². The number of halogens is 1. The van der Waals surface area contributed by atoms with Gasteiger partial charge in [-0.3, -0.25) is 9.71 Å². The van der Waals surface area contributed by atoms with Crippen LogP contribution in [-0.4, -0.2) is 20.8 Å². The molecule has 1 aromatic rings. The molecular weight excluding hydrogens is 308 g/mol. The molecule has 1 N–H and O–H groups in total. The molecule has 2 rings (SSSR count). The van der Waals surface area contributed by atoms with Gasteiger partial charge in [0.1, 0.15) is 10.7 Å². The third-order valence-electron chi connectivity index (χ3n) is 3.28. The summed E-state index contributed by atoms with van der Waals surface area (Å²) >= 11 is 5.85. The van der Waals surface area contributed by atoms with Gasteiger partial charge in [-0.15, -0.1) is 0 Å². The van der Waals surface area contributed by atoms with E-state index in [9.17, 15) is 8.42 Å². The van der Waals surface area contributed by atoms with E-state index in [4.69, 9.17) is 11.6 Å². The second kappa shape index (κ2) is 6.20. The number of amidine groups is 1. The van der Waals surface area contributed by atoms with Crippen molar-refractivity contribution < 1.29 is 8.42 Å². The lowest BCUT2D eigenvalue weighted by atomic mass is 10.1. The Bertz CT molecular complexity index is 689. The van der Waals surface area contributed by atoms with Crippen molar-refractivity contribution in [2.45, 2.75) is 27.2 Å². The Morgan fingerprint density at radius 2 is 1.86 bits per heavy atom. The van der Waals surface area contributed by atoms with Crippen LogP contribution < -0.4 is 4.72 Å². The van der Waals surface area contributed by atoms with Crippen molar-refractivity contribution in [3.63, 3.8) is 0 Å². The number of benzene rings is 1. The van der Waals surface area contributed by atoms with Crippen LogP contribution in [0, 0.1) is 5.92 Å². The van der Waals surface area contributed by atoms with Crippen molar-refractivity contribution in [1.29, 1.82) is 0 Å². The molecule has 1 aromatic carbocycles. The quantitative estimate of drug-likeness (QED) is 0.921. The summed E-state index contributed by atoms with van der Waals surface area (Å²) in [5.74, 6) is 0.980. The first-order chi connectivity index (χ1) is 9.81. The third kappa shape index (κ3) is 3.66. The summed E-state index contributed by atoms with van der Waals surface area (Å²) in [6, 6.07) is 6.77. The lowest BCUT2D eigenvalue weighted by Gasteiger charge is -2.03. The van der Waals surface area contributed by atoms with Gasteiger partial charge in [-0.25, -0.2) is 8.42 Å². The summed E-state index contributed by atoms with van der Waals surface area (Å²) in [6.07, 6.45) is 0.925. The minimum absolute atomic E-state index is 0.280. The fourth-order valence-electron chi connectivity index (χ4n) is 2.12. The van der Waals surface area contributed by atoms with Crippen molar-refractivity contribution >= 4 is 32.4 Å². The summed E-state index contributed by atoms with van der Waals surface area (Å²) in [5, 5.41) is 0.575. The summed E-state index contributed by atoms with van der Waals surface area (Å²) in [7, 11) is -3.55. The van der Waals surface area contributed by atoms with Crippen molar-refractivity contribution in [3.8, 4) is 0 Å². The number of nitrogens with one attached hydrogen (secondary N) is 1. The van der Waals surface area contributed by atoms with Crippen LogP contribution in [0.4, 0.5) is 0 Å². The molecule has 0 saturated heterocycles. The molecular formula is C15H19ClN2O2S. The zero-order chi connectivity index (χ0) is 15.6. The highest BCUT2D eigenvalue weighted by Gasteiger charge is 2.32. The SMILES string of the molecule is CC1=C(c2ccc(Cl)cc2)S(=O)(=O)NC1=NCCC(C)C. The van der Waals surface area contributed by atoms with E-state index in [0.29, 0.717) is 34.5 Å². The van der Waals surface area contributed by atoms with Gasteiger partial charge >= 0.3 is 0 Å². The summed E-state index contributed by atoms with van der Waals surface area (Å²) in [5.41, 5.74) is 1.28. The first-order valence-corrected chi connectivity index (χ1v) is 8.72. The molecule has 0 saturated carbocycles. The number of sulfonamides is 1. The van der Waals surface area contributed by atoms with Gasteiger partial charge in [0, 0.05) is 17.1 Å². The largest absolute Gasteiger partial charge is 0.268 e. The highest BCUT2D eigenvalue weighted by atomic mass is 35.5. The number of hydrogen-bond donors (Lipinski definition) is 1. The van der Waals surface area contributed by atoms with Crippen LogP contribution in [0.3, 0.4) is 0 Å². The molecule has 0 atom stereocenters. The molecule has 0 amide bonds. The fraction of sp³-hybridized carbons (Fsp3) is 0.400. The van der Waals surface area contributed by atoms with Gasteiger partial charge in [0.05, 0.1) is 0 Å². The summed E-state index contributed by atoms with van der Waals surface area (Å²) in [4.78, 5) is 4.66. The average Bonchev–Trinajstić information content (AvgIpc) is 2.61. The van der Waals surface area contributed by atoms with E-state index in [1.54, 1.807) is 31.2 Å². The van der Waals surface area contributed by atoms with E-state index < -0.39 is 10.0 Å². The lowest BCUT2D eigenvalue weighted by molar-refractivity contribution is 0.595. The zero-order valence-electron chi connectivity index (χ0n) is 12.4. The van der Waals surface area contributed by atoms with E-state index in [2.05, 4.69) is 23.6 Å². The Morgan fingerprint density at radius 1 is 1.24 bits per heavy atom. The Balaban J connectivity index is 2.37. The van der Waals surface area contributed by atoms with Crippen molar-refractivity contribution in [3.05, 3.63) is 40.4 Å². The average molecular weight is 327 g/mol. The van der Waals surface area contributed by atoms with E-state index in [-0.39, 0.29) is 4.91 Å². The zero-order valence-corrected chi connectivity index (χ0v) is 13.9. The van der Waals surface area contributed by atoms with Crippen molar-refractivity contribution in [1.82, 2.24) is 4.72 Å². The number of aliphatic imine (C=N–C) groups is 1. The van der Waals surface area contributed by atoms with E-state index in [1.165, 1.54) is 0 Å². The summed E-state index contributed by atoms with van der Waals surface area (Å²) in [6.45, 7) is 6.61. The maximum atomic E-state index is 12.3. The maximum Gasteiger partial charge on any atom is 0.264 e. The highest BCUT2D eigenvalue weighted by molar-refractivity contribution is 8.00. The van der Waals surface area contributed by atoms with Crippen molar-refractivity contribution in [2.24, 2.45) is 10.9 Å². The molecule has 0 aromatic heterocycles. The van der Waals surface area contributed by atoms with Gasteiger partial charge in [0.2, 0.25) is 0 Å². The van der Waals surface area contributed by atoms with Gasteiger partial charge in [-0.05, 0) is 37.0 Å². The predicted molar refractivity (Wildman–Crippen MR) is 87.9 cm³/mol. The monoisotopic (exact) mass is 326 g/mol. The predicted octanol–water partition coefficient (Wildman–Crippen LogP) is 3.45. The minimum atomic E-state index is -3.55. The Morgan fingerprint density at radius 3 is 2.43 bits per heavy atom. The molecule has 1 aliphatic rings. The van der Waals surface area contributed by atoms with Crippen LogP contribution in [0.1, 0.15) is 32.8 Å². The standard InChI is InChI=1S/C15H19ClN2O2S/c1-10(2)8-9-17-15-11(3)14(21(19,20)18-15)12-4-6-13(16)7-5-12/h4-7,10H,8-9H2,1-3H3,(H,17,18). The van der Waals surface area contributed by atoms with Crippen LogP contribution in [0.15, 0.2) is 34.8 Å². The topological polar surface area (TPSA) is 58.5 Å². The van der Waals surface area contributed by atoms with Gasteiger partial charge in [-0.1, -0.05) is 37.6 Å². The van der Waals surface area contributed by atoms with Crippen LogP contribution in [0.2, 0.25) is 5.02 Å². The maximum absolute atomic E-state index is 12.3. The molecule has 21 heavy (non-hydrogen) atoms. The first-order valence-electron chi connectivity index (χ1n) is 6.85. The van der Waals surface area contributed by atoms with Gasteiger partial charge in [0.25, 0.3) is 10.0 Å². The molecule has 4 nitrogen and oxygen atoms in total. The minimum Gasteiger partial charge on any atom is -0.268 e. The van der Waals surface area contributed by atoms with Crippen LogP contribution in [-0.2, 0) is 10.0 Å². The lowest BCUT2D eigenvalue weighted by Crippen LogP contribution is -2.23. The molecule has 1 aliphatic heterocycles. The normalized spacial score (nSPS) is 19.4. The molecule has 0 spiro atoms. The van der Waals surface area contributed by atoms with Crippen LogP contribution >= 0.6 is 11.6 Å². The molecule has 1 heterocycles. The van der Waals surface area contributed by atoms with E-state index >= 15 is 0 Å². The Hall–Kier alpha value is -1.33. The smallest absolute Gasteiger partial charge is 0.264 e. The van der Waals surface area contributed by atoms with Gasteiger partial charge < -0.3 is 0 Å². The molecule has 0 fully saturated rings. The molecule has 0 radical (unpaired) electrons. The molecule has 0 aliphatic carbocycles. The van der Waals surface area contributed by atoms with Gasteiger partial charge in [0.15, 0.2) is 0 Å². The number of hydrogen-bond acceptors (Lipinski definition) is 3. The summed E-state index contributed by atoms with van der Waals surface area (Å²) < 4.78 is 27.1. The second-order valence-electron chi connectivity index (χ2n) is 5.48. The third-order valence-corrected chi connectivity index (χ3v) is 5.07. The molecule has 0 unspecified atom stereocenters. The van der Waals surface area contributed by atoms with Crippen LogP contribution in [0.5, 0.6) is 0 Å². The highest BCUT2D eigenvalue weighted by Crippen LogP contribution is 2.30. The molecule has 114 valence electrons. The Kier molecular flexibility index (Phi) is 4.74. The van der Waals surface area contributed by atoms with Crippen LogP contribution in [0.25, 0.3) is 4.91 Å². The van der Waals surface area contributed by atoms with Gasteiger partial charge in [-0.2, -0.15) is 0 Å². The Labute approximate surface area is 131 Å². The fourth-order valence-corrected chi connectivity index (χ4v) is 3.77. The molecule has 0 bridgehead atoms. The number of nitrogens with zero attached hydrogens (tertiary/aromatic N) is 1. The van der Waals surface area contributed by atoms with Crippen molar-refractivity contribution in [2.75, 3.05) is 6.54 Å².